The topological polar surface area (TPSA) is 126 Å². The zero-order chi connectivity index (χ0) is 19.2. The first-order valence-corrected chi connectivity index (χ1v) is 8.76. The lowest BCUT2D eigenvalue weighted by Gasteiger charge is -2.08. The van der Waals surface area contributed by atoms with E-state index in [0.717, 1.165) is 11.8 Å². The quantitative estimate of drug-likeness (QED) is 0.287. The van der Waals surface area contributed by atoms with Crippen LogP contribution in [0.3, 0.4) is 0 Å². The molecule has 0 heterocycles. The molecule has 0 spiro atoms. The van der Waals surface area contributed by atoms with Crippen molar-refractivity contribution in [1.82, 2.24) is 21.3 Å². The van der Waals surface area contributed by atoms with Crippen LogP contribution in [0, 0.1) is 0 Å². The Kier molecular flexibility index (Phi) is 10.7. The fourth-order valence-electron chi connectivity index (χ4n) is 1.61. The van der Waals surface area contributed by atoms with Crippen LogP contribution in [0.5, 0.6) is 0 Å². The monoisotopic (exact) mass is 382 g/mol. The van der Waals surface area contributed by atoms with Gasteiger partial charge in [0.1, 0.15) is 6.73 Å². The fourth-order valence-corrected chi connectivity index (χ4v) is 2.27. The number of benzene rings is 1. The molecule has 0 saturated heterocycles. The largest absolute Gasteiger partial charge is 0.346 e. The fraction of sp³-hybridized carbons (Fsp3) is 0.375. The molecule has 10 heteroatoms. The highest BCUT2D eigenvalue weighted by Gasteiger charge is 2.11. The van der Waals surface area contributed by atoms with E-state index in [-0.39, 0.29) is 30.7 Å². The summed E-state index contributed by atoms with van der Waals surface area (Å²) in [6.07, 6.45) is 0. The predicted octanol–water partition coefficient (Wildman–Crippen LogP) is -0.940. The number of hydrogen-bond acceptors (Lipinski definition) is 7. The number of thioether (sulfide) groups is 1. The molecule has 0 aliphatic rings. The molecule has 4 N–H and O–H groups in total. The van der Waals surface area contributed by atoms with Crippen molar-refractivity contribution in [2.75, 3.05) is 39.4 Å². The second-order valence-electron chi connectivity index (χ2n) is 4.94. The number of carbonyl (C=O) groups excluding carboxylic acids is 4. The summed E-state index contributed by atoms with van der Waals surface area (Å²) in [5.74, 6) is -1.46. The van der Waals surface area contributed by atoms with E-state index < -0.39 is 17.7 Å². The summed E-state index contributed by atoms with van der Waals surface area (Å²) in [5, 5.41) is 9.70. The summed E-state index contributed by atoms with van der Waals surface area (Å²) in [6.45, 7) is -0.177. The van der Waals surface area contributed by atoms with Gasteiger partial charge in [-0.15, -0.1) is 0 Å². The molecule has 1 aromatic rings. The van der Waals surface area contributed by atoms with Crippen LogP contribution < -0.4 is 21.3 Å². The Hall–Kier alpha value is -2.43. The minimum Gasteiger partial charge on any atom is -0.346 e. The Morgan fingerprint density at radius 1 is 0.885 bits per heavy atom. The maximum Gasteiger partial charge on any atom is 0.241 e. The Morgan fingerprint density at radius 2 is 1.50 bits per heavy atom. The van der Waals surface area contributed by atoms with Gasteiger partial charge < -0.3 is 20.7 Å². The molecule has 26 heavy (non-hydrogen) atoms. The lowest BCUT2D eigenvalue weighted by Crippen LogP contribution is -2.42. The smallest absolute Gasteiger partial charge is 0.241 e. The van der Waals surface area contributed by atoms with Crippen molar-refractivity contribution in [3.63, 3.8) is 0 Å². The standard InChI is InChI=1S/C16H22N4O5S/c1-17-10-25-11-20-14(22)8-18-13(21)7-19-15(23)9-26-16(24)12-5-3-2-4-6-12/h2-6,17H,7-11H2,1H3,(H,18,21)(H,19,23)(H,20,22). The maximum atomic E-state index is 11.8. The third-order valence-electron chi connectivity index (χ3n) is 2.85. The van der Waals surface area contributed by atoms with Crippen LogP contribution in [0.2, 0.25) is 0 Å². The number of amides is 3. The lowest BCUT2D eigenvalue weighted by atomic mass is 10.2. The van der Waals surface area contributed by atoms with E-state index in [1.54, 1.807) is 37.4 Å². The summed E-state index contributed by atoms with van der Waals surface area (Å²) in [7, 11) is 1.70. The van der Waals surface area contributed by atoms with E-state index >= 15 is 0 Å². The Balaban J connectivity index is 2.13. The van der Waals surface area contributed by atoms with Gasteiger partial charge in [0, 0.05) is 5.56 Å². The highest BCUT2D eigenvalue weighted by molar-refractivity contribution is 8.14. The van der Waals surface area contributed by atoms with Gasteiger partial charge in [0.25, 0.3) is 0 Å². The summed E-state index contributed by atoms with van der Waals surface area (Å²) >= 11 is 0.855. The normalized spacial score (nSPS) is 10.0. The minimum atomic E-state index is -0.510. The molecule has 0 atom stereocenters. The number of nitrogens with one attached hydrogen (secondary N) is 4. The van der Waals surface area contributed by atoms with Gasteiger partial charge in [0.05, 0.1) is 25.6 Å². The van der Waals surface area contributed by atoms with Crippen molar-refractivity contribution in [2.45, 2.75) is 0 Å². The second kappa shape index (κ2) is 12.9. The van der Waals surface area contributed by atoms with Crippen LogP contribution in [0.1, 0.15) is 10.4 Å². The van der Waals surface area contributed by atoms with Crippen LogP contribution in [0.15, 0.2) is 30.3 Å². The van der Waals surface area contributed by atoms with Crippen LogP contribution in [0.4, 0.5) is 0 Å². The van der Waals surface area contributed by atoms with Gasteiger partial charge in [-0.25, -0.2) is 0 Å². The Labute approximate surface area is 155 Å². The number of rotatable bonds is 11. The van der Waals surface area contributed by atoms with Gasteiger partial charge in [-0.1, -0.05) is 42.1 Å². The maximum absolute atomic E-state index is 11.8. The molecular weight excluding hydrogens is 360 g/mol. The van der Waals surface area contributed by atoms with Crippen LogP contribution in [0.25, 0.3) is 0 Å². The molecule has 3 amide bonds. The first-order chi connectivity index (χ1) is 12.5. The molecule has 1 aromatic carbocycles. The molecule has 0 radical (unpaired) electrons. The third-order valence-corrected chi connectivity index (χ3v) is 3.76. The summed E-state index contributed by atoms with van der Waals surface area (Å²) in [4.78, 5) is 46.5. The molecule has 0 aromatic heterocycles. The van der Waals surface area contributed by atoms with Crippen LogP contribution in [-0.4, -0.2) is 62.2 Å². The van der Waals surface area contributed by atoms with Crippen molar-refractivity contribution < 1.29 is 23.9 Å². The lowest BCUT2D eigenvalue weighted by molar-refractivity contribution is -0.127. The molecular formula is C16H22N4O5S. The molecule has 0 unspecified atom stereocenters. The van der Waals surface area contributed by atoms with E-state index in [0.29, 0.717) is 12.3 Å². The SMILES string of the molecule is CNCOCNC(=O)CNC(=O)CNC(=O)CSC(=O)c1ccccc1. The summed E-state index contributed by atoms with van der Waals surface area (Å²) < 4.78 is 4.97. The van der Waals surface area contributed by atoms with Gasteiger partial charge in [-0.3, -0.25) is 24.5 Å². The third kappa shape index (κ3) is 9.77. The van der Waals surface area contributed by atoms with Gasteiger partial charge in [-0.05, 0) is 7.05 Å². The van der Waals surface area contributed by atoms with Gasteiger partial charge in [-0.2, -0.15) is 0 Å². The van der Waals surface area contributed by atoms with Gasteiger partial charge in [0.15, 0.2) is 0 Å². The van der Waals surface area contributed by atoms with Crippen molar-refractivity contribution >= 4 is 34.6 Å². The number of hydrogen-bond donors (Lipinski definition) is 4. The number of ether oxygens (including phenoxy) is 1. The molecule has 0 bridgehead atoms. The zero-order valence-electron chi connectivity index (χ0n) is 14.4. The summed E-state index contributed by atoms with van der Waals surface area (Å²) in [6, 6.07) is 8.59. The van der Waals surface area contributed by atoms with Crippen LogP contribution >= 0.6 is 11.8 Å². The Morgan fingerprint density at radius 3 is 2.15 bits per heavy atom. The molecule has 142 valence electrons. The average Bonchev–Trinajstić information content (AvgIpc) is 2.66. The zero-order valence-corrected chi connectivity index (χ0v) is 15.2. The first-order valence-electron chi connectivity index (χ1n) is 7.77. The van der Waals surface area contributed by atoms with Crippen molar-refractivity contribution in [3.05, 3.63) is 35.9 Å². The van der Waals surface area contributed by atoms with E-state index in [2.05, 4.69) is 21.3 Å². The van der Waals surface area contributed by atoms with Crippen molar-refractivity contribution in [3.8, 4) is 0 Å². The Bertz CT molecular complexity index is 612. The second-order valence-corrected chi connectivity index (χ2v) is 5.89. The van der Waals surface area contributed by atoms with Crippen LogP contribution in [-0.2, 0) is 19.1 Å². The number of carbonyl (C=O) groups is 4. The molecule has 0 aliphatic carbocycles. The van der Waals surface area contributed by atoms with Crippen molar-refractivity contribution in [1.29, 1.82) is 0 Å². The molecule has 0 saturated carbocycles. The van der Waals surface area contributed by atoms with E-state index in [1.807, 2.05) is 0 Å². The van der Waals surface area contributed by atoms with Gasteiger partial charge in [0.2, 0.25) is 22.8 Å². The molecule has 9 nitrogen and oxygen atoms in total. The van der Waals surface area contributed by atoms with E-state index in [4.69, 9.17) is 4.74 Å². The highest BCUT2D eigenvalue weighted by Crippen LogP contribution is 2.11. The highest BCUT2D eigenvalue weighted by atomic mass is 32.2. The average molecular weight is 382 g/mol. The van der Waals surface area contributed by atoms with E-state index in [1.165, 1.54) is 0 Å². The van der Waals surface area contributed by atoms with Crippen molar-refractivity contribution in [2.24, 2.45) is 0 Å². The first kappa shape index (κ1) is 21.6. The predicted molar refractivity (Wildman–Crippen MR) is 97.3 cm³/mol. The molecule has 0 aliphatic heterocycles. The minimum absolute atomic E-state index is 0.0267. The summed E-state index contributed by atoms with van der Waals surface area (Å²) in [5.41, 5.74) is 0.507. The molecule has 1 rings (SSSR count). The van der Waals surface area contributed by atoms with Gasteiger partial charge >= 0.3 is 0 Å². The van der Waals surface area contributed by atoms with E-state index in [9.17, 15) is 19.2 Å². The molecule has 0 fully saturated rings.